The summed E-state index contributed by atoms with van der Waals surface area (Å²) in [6, 6.07) is 6.71. The third-order valence-corrected chi connectivity index (χ3v) is 6.32. The van der Waals surface area contributed by atoms with Crippen molar-refractivity contribution in [3.8, 4) is 0 Å². The Labute approximate surface area is 183 Å². The fourth-order valence-electron chi connectivity index (χ4n) is 4.05. The van der Waals surface area contributed by atoms with Crippen molar-refractivity contribution in [1.29, 1.82) is 0 Å². The first-order chi connectivity index (χ1) is 14.4. The second-order valence-electron chi connectivity index (χ2n) is 8.65. The summed E-state index contributed by atoms with van der Waals surface area (Å²) in [5.74, 6) is 0.851. The van der Waals surface area contributed by atoms with Gasteiger partial charge in [-0.15, -0.1) is 0 Å². The predicted molar refractivity (Wildman–Crippen MR) is 129 cm³/mol. The number of anilines is 1. The molecule has 1 amide bonds. The molecule has 1 saturated heterocycles. The van der Waals surface area contributed by atoms with Gasteiger partial charge in [-0.1, -0.05) is 36.8 Å². The second-order valence-corrected chi connectivity index (χ2v) is 8.65. The molecular weight excluding hydrogens is 370 g/mol. The molecule has 1 heterocycles. The van der Waals surface area contributed by atoms with Gasteiger partial charge in [0.1, 0.15) is 0 Å². The first-order valence-corrected chi connectivity index (χ1v) is 11.5. The van der Waals surface area contributed by atoms with Crippen molar-refractivity contribution in [2.45, 2.75) is 59.3 Å². The molecule has 0 unspecified atom stereocenters. The number of piperidine rings is 1. The van der Waals surface area contributed by atoms with Crippen molar-refractivity contribution in [1.82, 2.24) is 10.2 Å². The van der Waals surface area contributed by atoms with Crippen molar-refractivity contribution < 1.29 is 4.79 Å². The molecule has 1 fully saturated rings. The van der Waals surface area contributed by atoms with Gasteiger partial charge in [0.25, 0.3) is 0 Å². The maximum absolute atomic E-state index is 12.2. The summed E-state index contributed by atoms with van der Waals surface area (Å²) in [6.07, 6.45) is 10.5. The van der Waals surface area contributed by atoms with Crippen LogP contribution in [0.15, 0.2) is 42.0 Å². The molecule has 0 spiro atoms. The topological polar surface area (TPSA) is 44.4 Å². The van der Waals surface area contributed by atoms with Gasteiger partial charge in [0.15, 0.2) is 0 Å². The molecule has 1 aromatic carbocycles. The minimum Gasteiger partial charge on any atom is -0.388 e. The molecule has 0 aromatic heterocycles. The third-order valence-electron chi connectivity index (χ3n) is 6.32. The molecule has 0 aliphatic carbocycles. The minimum atomic E-state index is 0.0262. The number of nitrogens with zero attached hydrogens (tertiary/aromatic N) is 1. The molecule has 2 rings (SSSR count). The summed E-state index contributed by atoms with van der Waals surface area (Å²) in [4.78, 5) is 14.8. The van der Waals surface area contributed by atoms with Crippen LogP contribution in [0, 0.1) is 12.8 Å². The van der Waals surface area contributed by atoms with Crippen molar-refractivity contribution in [2.75, 3.05) is 38.5 Å². The molecule has 1 aliphatic heterocycles. The van der Waals surface area contributed by atoms with E-state index >= 15 is 0 Å². The van der Waals surface area contributed by atoms with E-state index in [0.717, 1.165) is 39.0 Å². The Hall–Kier alpha value is -2.07. The van der Waals surface area contributed by atoms with Crippen molar-refractivity contribution >= 4 is 11.6 Å². The summed E-state index contributed by atoms with van der Waals surface area (Å²) in [5.41, 5.74) is 5.34. The highest BCUT2D eigenvalue weighted by atomic mass is 16.1. The molecule has 30 heavy (non-hydrogen) atoms. The summed E-state index contributed by atoms with van der Waals surface area (Å²) in [6.45, 7) is 12.5. The van der Waals surface area contributed by atoms with Gasteiger partial charge in [-0.05, 0) is 95.3 Å². The number of rotatable bonds is 10. The van der Waals surface area contributed by atoms with Crippen molar-refractivity contribution in [3.05, 3.63) is 53.1 Å². The van der Waals surface area contributed by atoms with E-state index in [1.165, 1.54) is 35.2 Å². The maximum atomic E-state index is 12.2. The number of nitrogens with one attached hydrogen (secondary N) is 2. The summed E-state index contributed by atoms with van der Waals surface area (Å²) in [5, 5.41) is 6.37. The Balaban J connectivity index is 1.66. The molecule has 4 heteroatoms. The van der Waals surface area contributed by atoms with Gasteiger partial charge in [-0.2, -0.15) is 0 Å². The van der Waals surface area contributed by atoms with E-state index in [1.807, 2.05) is 20.9 Å². The van der Waals surface area contributed by atoms with Crippen molar-refractivity contribution in [3.63, 3.8) is 0 Å². The standard InChI is InChI=1S/C26H41N3O/c1-6-20(2)9-7-10-22(4)26(30)28-15-8-16-29-17-13-23(14-18-29)25-19-24(27-5)12-11-21(25)3/h6-7,9,11-12,19,22-23,27H,8,10,13-18H2,1-5H3,(H,28,30)/b9-7-,20-6-/t22-/m1/s1. The zero-order chi connectivity index (χ0) is 21.9. The molecule has 0 saturated carbocycles. The van der Waals surface area contributed by atoms with Crippen LogP contribution in [-0.2, 0) is 4.79 Å². The molecule has 0 radical (unpaired) electrons. The van der Waals surface area contributed by atoms with Crippen LogP contribution in [0.3, 0.4) is 0 Å². The Morgan fingerprint density at radius 1 is 1.30 bits per heavy atom. The summed E-state index contributed by atoms with van der Waals surface area (Å²) in [7, 11) is 1.98. The Bertz CT molecular complexity index is 730. The van der Waals surface area contributed by atoms with Crippen molar-refractivity contribution in [2.24, 2.45) is 5.92 Å². The lowest BCUT2D eigenvalue weighted by Gasteiger charge is -2.33. The summed E-state index contributed by atoms with van der Waals surface area (Å²) >= 11 is 0. The van der Waals surface area contributed by atoms with Crippen LogP contribution in [0.5, 0.6) is 0 Å². The highest BCUT2D eigenvalue weighted by Gasteiger charge is 2.21. The molecule has 1 aromatic rings. The lowest BCUT2D eigenvalue weighted by Crippen LogP contribution is -2.36. The highest BCUT2D eigenvalue weighted by Crippen LogP contribution is 2.31. The minimum absolute atomic E-state index is 0.0262. The Kier molecular flexibility index (Phi) is 10.2. The maximum Gasteiger partial charge on any atom is 0.223 e. The van der Waals surface area contributed by atoms with Crippen LogP contribution >= 0.6 is 0 Å². The number of carbonyl (C=O) groups excluding carboxylic acids is 1. The molecule has 1 atom stereocenters. The van der Waals surface area contributed by atoms with Crippen LogP contribution in [0.4, 0.5) is 5.69 Å². The van der Waals surface area contributed by atoms with Crippen LogP contribution < -0.4 is 10.6 Å². The summed E-state index contributed by atoms with van der Waals surface area (Å²) < 4.78 is 0. The third kappa shape index (κ3) is 7.64. The van der Waals surface area contributed by atoms with Gasteiger partial charge in [0.2, 0.25) is 5.91 Å². The molecule has 166 valence electrons. The van der Waals surface area contributed by atoms with Gasteiger partial charge in [0, 0.05) is 25.2 Å². The van der Waals surface area contributed by atoms with Crippen LogP contribution in [0.2, 0.25) is 0 Å². The van der Waals surface area contributed by atoms with Gasteiger partial charge >= 0.3 is 0 Å². The lowest BCUT2D eigenvalue weighted by atomic mass is 9.86. The number of allylic oxidation sites excluding steroid dienone is 4. The average Bonchev–Trinajstić information content (AvgIpc) is 2.77. The molecule has 0 bridgehead atoms. The SMILES string of the molecule is C/C=C(C)\C=C/C[C@@H](C)C(=O)NCCCN1CCC(c2cc(NC)ccc2C)CC1. The quantitative estimate of drug-likeness (QED) is 0.407. The fourth-order valence-corrected chi connectivity index (χ4v) is 4.05. The largest absolute Gasteiger partial charge is 0.388 e. The van der Waals surface area contributed by atoms with E-state index in [0.29, 0.717) is 5.92 Å². The molecular formula is C26H41N3O. The van der Waals surface area contributed by atoms with E-state index in [1.54, 1.807) is 0 Å². The number of aryl methyl sites for hydroxylation is 1. The number of hydrogen-bond donors (Lipinski definition) is 2. The Morgan fingerprint density at radius 2 is 2.03 bits per heavy atom. The van der Waals surface area contributed by atoms with Gasteiger partial charge < -0.3 is 15.5 Å². The Morgan fingerprint density at radius 3 is 2.70 bits per heavy atom. The van der Waals surface area contributed by atoms with Gasteiger partial charge in [-0.25, -0.2) is 0 Å². The number of carbonyl (C=O) groups is 1. The zero-order valence-electron chi connectivity index (χ0n) is 19.6. The second kappa shape index (κ2) is 12.6. The fraction of sp³-hybridized carbons (Fsp3) is 0.577. The van der Waals surface area contributed by atoms with E-state index < -0.39 is 0 Å². The number of likely N-dealkylation sites (tertiary alicyclic amines) is 1. The monoisotopic (exact) mass is 411 g/mol. The van der Waals surface area contributed by atoms with Gasteiger partial charge in [0.05, 0.1) is 0 Å². The smallest absolute Gasteiger partial charge is 0.223 e. The average molecular weight is 412 g/mol. The van der Waals surface area contributed by atoms with E-state index in [9.17, 15) is 4.79 Å². The van der Waals surface area contributed by atoms with E-state index in [-0.39, 0.29) is 11.8 Å². The predicted octanol–water partition coefficient (Wildman–Crippen LogP) is 5.27. The van der Waals surface area contributed by atoms with E-state index in [4.69, 9.17) is 0 Å². The molecule has 2 N–H and O–H groups in total. The molecule has 1 aliphatic rings. The number of amides is 1. The van der Waals surface area contributed by atoms with Crippen LogP contribution in [-0.4, -0.2) is 44.0 Å². The first-order valence-electron chi connectivity index (χ1n) is 11.5. The highest BCUT2D eigenvalue weighted by molar-refractivity contribution is 5.78. The number of hydrogen-bond acceptors (Lipinski definition) is 3. The van der Waals surface area contributed by atoms with Crippen LogP contribution in [0.1, 0.15) is 63.5 Å². The lowest BCUT2D eigenvalue weighted by molar-refractivity contribution is -0.124. The van der Waals surface area contributed by atoms with E-state index in [2.05, 4.69) is 65.8 Å². The first kappa shape index (κ1) is 24.2. The molecule has 4 nitrogen and oxygen atoms in total. The van der Waals surface area contributed by atoms with Crippen LogP contribution in [0.25, 0.3) is 0 Å². The zero-order valence-corrected chi connectivity index (χ0v) is 19.6. The number of benzene rings is 1. The normalized spacial score (nSPS) is 17.3. The van der Waals surface area contributed by atoms with Gasteiger partial charge in [-0.3, -0.25) is 4.79 Å².